The maximum atomic E-state index is 6.26. The fourth-order valence-electron chi connectivity index (χ4n) is 4.34. The van der Waals surface area contributed by atoms with E-state index >= 15 is 0 Å². The molecule has 4 rings (SSSR count). The third kappa shape index (κ3) is 1.98. The summed E-state index contributed by atoms with van der Waals surface area (Å²) in [5.74, 6) is 4.08. The quantitative estimate of drug-likeness (QED) is 0.732. The third-order valence-electron chi connectivity index (χ3n) is 5.49. The van der Waals surface area contributed by atoms with E-state index in [1.165, 1.54) is 11.1 Å². The Morgan fingerprint density at radius 3 is 2.76 bits per heavy atom. The smallest absolute Gasteiger partial charge is 0.231 e. The Morgan fingerprint density at radius 1 is 1.10 bits per heavy atom. The van der Waals surface area contributed by atoms with Gasteiger partial charge in [0.25, 0.3) is 0 Å². The summed E-state index contributed by atoms with van der Waals surface area (Å²) in [6.45, 7) is 8.11. The number of benzene rings is 1. The van der Waals surface area contributed by atoms with Crippen molar-refractivity contribution in [1.82, 2.24) is 0 Å². The van der Waals surface area contributed by atoms with Crippen LogP contribution in [0.25, 0.3) is 0 Å². The van der Waals surface area contributed by atoms with Gasteiger partial charge in [-0.1, -0.05) is 31.6 Å². The topological polar surface area (TPSA) is 27.7 Å². The average Bonchev–Trinajstić information content (AvgIpc) is 2.91. The summed E-state index contributed by atoms with van der Waals surface area (Å²) in [7, 11) is 0. The molecule has 0 unspecified atom stereocenters. The van der Waals surface area contributed by atoms with Gasteiger partial charge in [0.1, 0.15) is 0 Å². The fourth-order valence-corrected chi connectivity index (χ4v) is 4.34. The molecule has 21 heavy (non-hydrogen) atoms. The molecule has 112 valence electrons. The van der Waals surface area contributed by atoms with Gasteiger partial charge in [0, 0.05) is 5.92 Å². The van der Waals surface area contributed by atoms with Crippen LogP contribution in [0.2, 0.25) is 0 Å². The molecular formula is C18H22O3. The highest BCUT2D eigenvalue weighted by Gasteiger charge is 2.43. The number of rotatable bonds is 1. The van der Waals surface area contributed by atoms with E-state index in [1.54, 1.807) is 0 Å². The van der Waals surface area contributed by atoms with Crippen molar-refractivity contribution in [1.29, 1.82) is 0 Å². The van der Waals surface area contributed by atoms with Crippen LogP contribution in [0.15, 0.2) is 29.8 Å². The molecule has 1 aromatic rings. The van der Waals surface area contributed by atoms with Crippen LogP contribution in [-0.4, -0.2) is 13.4 Å². The fraction of sp³-hybridized carbons (Fsp3) is 0.556. The van der Waals surface area contributed by atoms with E-state index in [9.17, 15) is 0 Å². The molecule has 3 heteroatoms. The summed E-state index contributed by atoms with van der Waals surface area (Å²) in [5.41, 5.74) is 2.67. The number of hydrogen-bond acceptors (Lipinski definition) is 3. The van der Waals surface area contributed by atoms with Crippen molar-refractivity contribution < 1.29 is 14.2 Å². The first kappa shape index (κ1) is 13.2. The van der Waals surface area contributed by atoms with Crippen LogP contribution < -0.4 is 9.47 Å². The van der Waals surface area contributed by atoms with Crippen molar-refractivity contribution in [2.24, 2.45) is 23.7 Å². The largest absolute Gasteiger partial charge is 0.454 e. The number of allylic oxidation sites excluding steroid dienone is 1. The molecule has 1 aliphatic carbocycles. The standard InChI is InChI=1S/C18H22O3/c1-10-6-11(2)17-12(3)14(10)8-19-18(17)13-4-5-15-16(7-13)21-9-20-15/h4-7,10,12,14,17-18H,8-9H2,1-3H3/t10-,12-,14+,17-,18+/m1/s1. The number of fused-ring (bicyclic) bond motifs is 3. The van der Waals surface area contributed by atoms with Gasteiger partial charge in [-0.15, -0.1) is 0 Å². The number of ether oxygens (including phenoxy) is 3. The van der Waals surface area contributed by atoms with Crippen LogP contribution in [0.5, 0.6) is 11.5 Å². The molecule has 0 saturated carbocycles. The van der Waals surface area contributed by atoms with E-state index in [4.69, 9.17) is 14.2 Å². The first-order valence-electron chi connectivity index (χ1n) is 7.84. The maximum absolute atomic E-state index is 6.26. The minimum atomic E-state index is 0.134. The van der Waals surface area contributed by atoms with Crippen molar-refractivity contribution in [2.75, 3.05) is 13.4 Å². The Morgan fingerprint density at radius 2 is 1.90 bits per heavy atom. The minimum Gasteiger partial charge on any atom is -0.454 e. The van der Waals surface area contributed by atoms with Crippen molar-refractivity contribution in [2.45, 2.75) is 26.9 Å². The Labute approximate surface area is 125 Å². The van der Waals surface area contributed by atoms with E-state index in [1.807, 2.05) is 6.07 Å². The van der Waals surface area contributed by atoms with Gasteiger partial charge in [0.05, 0.1) is 12.7 Å². The molecule has 0 N–H and O–H groups in total. The predicted molar refractivity (Wildman–Crippen MR) is 80.3 cm³/mol. The molecule has 0 amide bonds. The van der Waals surface area contributed by atoms with Crippen LogP contribution in [-0.2, 0) is 4.74 Å². The summed E-state index contributed by atoms with van der Waals surface area (Å²) in [5, 5.41) is 0. The highest BCUT2D eigenvalue weighted by atomic mass is 16.7. The molecule has 2 heterocycles. The van der Waals surface area contributed by atoms with Gasteiger partial charge >= 0.3 is 0 Å². The molecular weight excluding hydrogens is 264 g/mol. The van der Waals surface area contributed by atoms with E-state index in [0.717, 1.165) is 18.1 Å². The van der Waals surface area contributed by atoms with Gasteiger partial charge in [-0.05, 0) is 42.4 Å². The molecule has 0 aromatic heterocycles. The van der Waals surface area contributed by atoms with E-state index in [2.05, 4.69) is 39.0 Å². The van der Waals surface area contributed by atoms with E-state index < -0.39 is 0 Å². The summed E-state index contributed by atoms with van der Waals surface area (Å²) in [6, 6.07) is 6.21. The zero-order valence-electron chi connectivity index (χ0n) is 12.8. The Bertz CT molecular complexity index is 592. The van der Waals surface area contributed by atoms with Gasteiger partial charge in [0.15, 0.2) is 11.5 Å². The lowest BCUT2D eigenvalue weighted by Gasteiger charge is -2.47. The lowest BCUT2D eigenvalue weighted by Crippen LogP contribution is -2.42. The second-order valence-corrected chi connectivity index (χ2v) is 6.69. The second kappa shape index (κ2) is 4.77. The molecule has 0 spiro atoms. The number of hydrogen-bond donors (Lipinski definition) is 0. The van der Waals surface area contributed by atoms with E-state index in [0.29, 0.717) is 30.5 Å². The van der Waals surface area contributed by atoms with Crippen LogP contribution in [0.4, 0.5) is 0 Å². The monoisotopic (exact) mass is 286 g/mol. The molecule has 5 atom stereocenters. The van der Waals surface area contributed by atoms with Gasteiger partial charge in [-0.2, -0.15) is 0 Å². The lowest BCUT2D eigenvalue weighted by atomic mass is 9.64. The normalized spacial score (nSPS) is 37.3. The van der Waals surface area contributed by atoms with Crippen LogP contribution in [0.1, 0.15) is 32.4 Å². The van der Waals surface area contributed by atoms with Gasteiger partial charge in [0.2, 0.25) is 6.79 Å². The SMILES string of the molecule is CC1=C[C@@H](C)[C@@H]2CO[C@@H](c3ccc4c(c3)OCO4)[C@H]1[C@@H]2C. The first-order chi connectivity index (χ1) is 10.1. The van der Waals surface area contributed by atoms with Crippen molar-refractivity contribution in [3.05, 3.63) is 35.4 Å². The molecule has 1 fully saturated rings. The van der Waals surface area contributed by atoms with E-state index in [-0.39, 0.29) is 6.10 Å². The summed E-state index contributed by atoms with van der Waals surface area (Å²) < 4.78 is 17.2. The molecule has 3 nitrogen and oxygen atoms in total. The zero-order chi connectivity index (χ0) is 14.6. The summed E-state index contributed by atoms with van der Waals surface area (Å²) in [4.78, 5) is 0. The van der Waals surface area contributed by atoms with Gasteiger partial charge in [-0.25, -0.2) is 0 Å². The van der Waals surface area contributed by atoms with Crippen molar-refractivity contribution >= 4 is 0 Å². The second-order valence-electron chi connectivity index (χ2n) is 6.69. The Balaban J connectivity index is 1.71. The Kier molecular flexibility index (Phi) is 3.00. The van der Waals surface area contributed by atoms with Gasteiger partial charge in [-0.3, -0.25) is 0 Å². The zero-order valence-corrected chi connectivity index (χ0v) is 12.8. The third-order valence-corrected chi connectivity index (χ3v) is 5.49. The van der Waals surface area contributed by atoms with Gasteiger partial charge < -0.3 is 14.2 Å². The molecule has 3 aliphatic rings. The summed E-state index contributed by atoms with van der Waals surface area (Å²) in [6.07, 6.45) is 2.58. The lowest BCUT2D eigenvalue weighted by molar-refractivity contribution is -0.0934. The Hall–Kier alpha value is -1.48. The molecule has 0 radical (unpaired) electrons. The minimum absolute atomic E-state index is 0.134. The van der Waals surface area contributed by atoms with Crippen LogP contribution in [0.3, 0.4) is 0 Å². The highest BCUT2D eigenvalue weighted by Crippen LogP contribution is 2.50. The highest BCUT2D eigenvalue weighted by molar-refractivity contribution is 5.45. The summed E-state index contributed by atoms with van der Waals surface area (Å²) >= 11 is 0. The predicted octanol–water partition coefficient (Wildman–Crippen LogP) is 3.95. The average molecular weight is 286 g/mol. The maximum Gasteiger partial charge on any atom is 0.231 e. The molecule has 2 bridgehead atoms. The first-order valence-corrected chi connectivity index (χ1v) is 7.84. The van der Waals surface area contributed by atoms with Crippen molar-refractivity contribution in [3.8, 4) is 11.5 Å². The molecule has 1 saturated heterocycles. The van der Waals surface area contributed by atoms with Crippen LogP contribution >= 0.6 is 0 Å². The van der Waals surface area contributed by atoms with Crippen molar-refractivity contribution in [3.63, 3.8) is 0 Å². The van der Waals surface area contributed by atoms with Crippen LogP contribution in [0, 0.1) is 23.7 Å². The molecule has 1 aromatic carbocycles. The molecule has 2 aliphatic heterocycles.